The molecule has 0 saturated heterocycles. The monoisotopic (exact) mass is 302 g/mol. The van der Waals surface area contributed by atoms with Crippen molar-refractivity contribution < 1.29 is 9.90 Å². The molecule has 0 spiro atoms. The minimum atomic E-state index is -0.726. The summed E-state index contributed by atoms with van der Waals surface area (Å²) in [5.41, 5.74) is 3.11. The Bertz CT molecular complexity index is 407. The van der Waals surface area contributed by atoms with E-state index in [0.29, 0.717) is 6.42 Å². The Balaban J connectivity index is 3.44. The van der Waals surface area contributed by atoms with Crippen LogP contribution in [0.4, 0.5) is 0 Å². The van der Waals surface area contributed by atoms with E-state index in [9.17, 15) is 4.79 Å². The predicted molar refractivity (Wildman–Crippen MR) is 94.9 cm³/mol. The SMILES string of the molecule is CCC=CCC=CCC=CCCCC=C=CCCCC(=O)O. The molecule has 0 fully saturated rings. The maximum Gasteiger partial charge on any atom is 0.303 e. The molecule has 0 aliphatic heterocycles. The Morgan fingerprint density at radius 1 is 0.864 bits per heavy atom. The number of carboxylic acid groups (broad SMARTS) is 1. The fraction of sp³-hybridized carbons (Fsp3) is 0.500. The van der Waals surface area contributed by atoms with E-state index in [1.165, 1.54) is 0 Å². The molecule has 0 aromatic heterocycles. The van der Waals surface area contributed by atoms with Gasteiger partial charge in [-0.25, -0.2) is 0 Å². The van der Waals surface area contributed by atoms with E-state index in [1.807, 2.05) is 12.2 Å². The molecule has 0 saturated carbocycles. The number of carbonyl (C=O) groups is 1. The molecule has 122 valence electrons. The van der Waals surface area contributed by atoms with Crippen LogP contribution in [-0.2, 0) is 4.79 Å². The summed E-state index contributed by atoms with van der Waals surface area (Å²) in [6.07, 6.45) is 25.3. The van der Waals surface area contributed by atoms with Gasteiger partial charge in [0.1, 0.15) is 0 Å². The van der Waals surface area contributed by atoms with Gasteiger partial charge >= 0.3 is 5.97 Å². The van der Waals surface area contributed by atoms with Gasteiger partial charge in [0.25, 0.3) is 0 Å². The summed E-state index contributed by atoms with van der Waals surface area (Å²) in [5, 5.41) is 8.48. The Kier molecular flexibility index (Phi) is 15.9. The molecule has 0 radical (unpaired) electrons. The average Bonchev–Trinajstić information content (AvgIpc) is 2.50. The zero-order chi connectivity index (χ0) is 16.3. The van der Waals surface area contributed by atoms with Gasteiger partial charge in [0.2, 0.25) is 0 Å². The average molecular weight is 302 g/mol. The maximum atomic E-state index is 10.3. The standard InChI is InChI=1S/C20H30O2/c1-2-3-4-5-6-7-8-9-10-11-12-13-14-15-16-17-18-19-20(21)22/h3-4,6-7,9-10,14,16H,2,5,8,11-13,17-19H2,1H3,(H,21,22). The van der Waals surface area contributed by atoms with Gasteiger partial charge in [-0.2, -0.15) is 0 Å². The second-order valence-corrected chi connectivity index (χ2v) is 5.09. The Morgan fingerprint density at radius 2 is 1.45 bits per heavy atom. The van der Waals surface area contributed by atoms with Crippen LogP contribution in [0.25, 0.3) is 0 Å². The first-order valence-electron chi connectivity index (χ1n) is 8.33. The minimum Gasteiger partial charge on any atom is -0.481 e. The predicted octanol–water partition coefficient (Wildman–Crippen LogP) is 5.98. The first-order valence-corrected chi connectivity index (χ1v) is 8.33. The molecule has 0 aromatic rings. The zero-order valence-electron chi connectivity index (χ0n) is 13.8. The molecular weight excluding hydrogens is 272 g/mol. The minimum absolute atomic E-state index is 0.242. The maximum absolute atomic E-state index is 10.3. The van der Waals surface area contributed by atoms with Crippen molar-refractivity contribution in [3.05, 3.63) is 54.3 Å². The Labute approximate surface area is 135 Å². The summed E-state index contributed by atoms with van der Waals surface area (Å²) in [7, 11) is 0. The van der Waals surface area contributed by atoms with Gasteiger partial charge in [-0.15, -0.1) is 5.73 Å². The van der Waals surface area contributed by atoms with Crippen LogP contribution >= 0.6 is 0 Å². The van der Waals surface area contributed by atoms with Gasteiger partial charge in [0.05, 0.1) is 0 Å². The van der Waals surface area contributed by atoms with Crippen LogP contribution in [0.5, 0.6) is 0 Å². The zero-order valence-corrected chi connectivity index (χ0v) is 13.8. The number of aliphatic carboxylic acids is 1. The van der Waals surface area contributed by atoms with Crippen molar-refractivity contribution in [1.29, 1.82) is 0 Å². The number of allylic oxidation sites excluding steroid dienone is 7. The van der Waals surface area contributed by atoms with Crippen LogP contribution in [0, 0.1) is 0 Å². The van der Waals surface area contributed by atoms with Crippen molar-refractivity contribution in [2.24, 2.45) is 0 Å². The van der Waals surface area contributed by atoms with E-state index >= 15 is 0 Å². The molecule has 0 aliphatic rings. The normalized spacial score (nSPS) is 11.3. The Hall–Kier alpha value is -1.79. The van der Waals surface area contributed by atoms with E-state index < -0.39 is 5.97 Å². The summed E-state index contributed by atoms with van der Waals surface area (Å²) >= 11 is 0. The van der Waals surface area contributed by atoms with Crippen LogP contribution < -0.4 is 0 Å². The second-order valence-electron chi connectivity index (χ2n) is 5.09. The quantitative estimate of drug-likeness (QED) is 0.258. The third kappa shape index (κ3) is 18.2. The number of carboxylic acids is 1. The third-order valence-electron chi connectivity index (χ3n) is 2.97. The van der Waals surface area contributed by atoms with Crippen molar-refractivity contribution in [3.63, 3.8) is 0 Å². The van der Waals surface area contributed by atoms with Crippen LogP contribution in [-0.4, -0.2) is 11.1 Å². The lowest BCUT2D eigenvalue weighted by atomic mass is 10.2. The molecule has 2 nitrogen and oxygen atoms in total. The summed E-state index contributed by atoms with van der Waals surface area (Å²) in [4.78, 5) is 10.3. The lowest BCUT2D eigenvalue weighted by Gasteiger charge is -1.89. The molecule has 0 bridgehead atoms. The van der Waals surface area contributed by atoms with E-state index in [2.05, 4.69) is 49.1 Å². The summed E-state index contributed by atoms with van der Waals surface area (Å²) in [5.74, 6) is -0.726. The van der Waals surface area contributed by atoms with Gasteiger partial charge in [-0.3, -0.25) is 4.79 Å². The van der Waals surface area contributed by atoms with Gasteiger partial charge in [0.15, 0.2) is 0 Å². The summed E-state index contributed by atoms with van der Waals surface area (Å²) in [6.45, 7) is 2.15. The molecule has 0 aliphatic carbocycles. The molecule has 22 heavy (non-hydrogen) atoms. The third-order valence-corrected chi connectivity index (χ3v) is 2.97. The van der Waals surface area contributed by atoms with Gasteiger partial charge in [-0.05, 0) is 63.5 Å². The highest BCUT2D eigenvalue weighted by molar-refractivity contribution is 5.66. The highest BCUT2D eigenvalue weighted by Gasteiger charge is 1.92. The van der Waals surface area contributed by atoms with E-state index in [0.717, 1.165) is 44.9 Å². The van der Waals surface area contributed by atoms with Gasteiger partial charge in [-0.1, -0.05) is 43.4 Å². The van der Waals surface area contributed by atoms with Gasteiger partial charge < -0.3 is 5.11 Å². The van der Waals surface area contributed by atoms with E-state index in [4.69, 9.17) is 5.11 Å². The molecule has 0 amide bonds. The molecular formula is C20H30O2. The van der Waals surface area contributed by atoms with Crippen molar-refractivity contribution in [2.75, 3.05) is 0 Å². The first kappa shape index (κ1) is 20.2. The number of hydrogen-bond donors (Lipinski definition) is 1. The topological polar surface area (TPSA) is 37.3 Å². The molecule has 1 N–H and O–H groups in total. The Morgan fingerprint density at radius 3 is 2.09 bits per heavy atom. The fourth-order valence-corrected chi connectivity index (χ4v) is 1.77. The van der Waals surface area contributed by atoms with Crippen LogP contribution in [0.2, 0.25) is 0 Å². The largest absolute Gasteiger partial charge is 0.481 e. The molecule has 0 rings (SSSR count). The number of hydrogen-bond acceptors (Lipinski definition) is 1. The molecule has 0 unspecified atom stereocenters. The van der Waals surface area contributed by atoms with E-state index in [1.54, 1.807) is 0 Å². The highest BCUT2D eigenvalue weighted by atomic mass is 16.4. The number of unbranched alkanes of at least 4 members (excludes halogenated alkanes) is 3. The van der Waals surface area contributed by atoms with Crippen LogP contribution in [0.15, 0.2) is 54.3 Å². The van der Waals surface area contributed by atoms with Crippen molar-refractivity contribution in [3.8, 4) is 0 Å². The fourth-order valence-electron chi connectivity index (χ4n) is 1.77. The van der Waals surface area contributed by atoms with Crippen LogP contribution in [0.3, 0.4) is 0 Å². The lowest BCUT2D eigenvalue weighted by molar-refractivity contribution is -0.137. The van der Waals surface area contributed by atoms with E-state index in [-0.39, 0.29) is 6.42 Å². The highest BCUT2D eigenvalue weighted by Crippen LogP contribution is 2.00. The summed E-state index contributed by atoms with van der Waals surface area (Å²) in [6, 6.07) is 0. The smallest absolute Gasteiger partial charge is 0.303 e. The summed E-state index contributed by atoms with van der Waals surface area (Å²) < 4.78 is 0. The number of rotatable bonds is 13. The van der Waals surface area contributed by atoms with Crippen LogP contribution in [0.1, 0.15) is 64.7 Å². The lowest BCUT2D eigenvalue weighted by Crippen LogP contribution is -1.92. The van der Waals surface area contributed by atoms with Gasteiger partial charge in [0, 0.05) is 6.42 Å². The molecule has 0 aromatic carbocycles. The van der Waals surface area contributed by atoms with Crippen molar-refractivity contribution in [1.82, 2.24) is 0 Å². The molecule has 0 atom stereocenters. The van der Waals surface area contributed by atoms with Crippen molar-refractivity contribution in [2.45, 2.75) is 64.7 Å². The first-order chi connectivity index (χ1) is 10.8. The molecule has 0 heterocycles. The second kappa shape index (κ2) is 17.3. The van der Waals surface area contributed by atoms with Crippen molar-refractivity contribution >= 4 is 5.97 Å². The molecule has 2 heteroatoms.